The first-order chi connectivity index (χ1) is 14.9. The molecule has 9 nitrogen and oxygen atoms in total. The number of phenolic OH excluding ortho intramolecular Hbond substituents is 1. The smallest absolute Gasteiger partial charge is 0.278 e. The van der Waals surface area contributed by atoms with Crippen LogP contribution in [0.15, 0.2) is 35.0 Å². The Bertz CT molecular complexity index is 1380. The van der Waals surface area contributed by atoms with Crippen molar-refractivity contribution in [1.29, 1.82) is 0 Å². The average Bonchev–Trinajstić information content (AvgIpc) is 3.41. The van der Waals surface area contributed by atoms with E-state index in [9.17, 15) is 14.7 Å². The van der Waals surface area contributed by atoms with Crippen molar-refractivity contribution in [3.8, 4) is 5.75 Å². The molecule has 2 N–H and O–H groups in total. The molecule has 0 spiro atoms. The van der Waals surface area contributed by atoms with E-state index in [2.05, 4.69) is 15.3 Å². The van der Waals surface area contributed by atoms with Crippen LogP contribution in [0.25, 0.3) is 16.7 Å². The van der Waals surface area contributed by atoms with Crippen molar-refractivity contribution in [2.75, 3.05) is 22.6 Å². The molecule has 1 aliphatic rings. The van der Waals surface area contributed by atoms with E-state index in [4.69, 9.17) is 16.0 Å². The third kappa shape index (κ3) is 3.09. The van der Waals surface area contributed by atoms with Gasteiger partial charge in [-0.05, 0) is 12.1 Å². The number of aryl methyl sites for hydroxylation is 1. The highest BCUT2D eigenvalue weighted by Gasteiger charge is 2.37. The zero-order valence-electron chi connectivity index (χ0n) is 16.7. The lowest BCUT2D eigenvalue weighted by Gasteiger charge is -2.16. The molecule has 0 bridgehead atoms. The number of carbonyl (C=O) groups is 2. The standard InChI is InChI=1S/C21H18ClN5O4/c1-10(28)23-13-3-4-17-25-14(9-26(17)8-13)21(30)27-7-12(6-22)18-15(27)5-16(29)20-19(18)24-11(2)31-20/h3-5,8-9,12,29H,6-7H2,1-2H3,(H,23,28). The fraction of sp³-hybridized carbons (Fsp3) is 0.238. The number of pyridine rings is 1. The normalized spacial score (nSPS) is 15.6. The van der Waals surface area contributed by atoms with E-state index in [0.29, 0.717) is 40.6 Å². The van der Waals surface area contributed by atoms with Crippen LogP contribution in [0.1, 0.15) is 34.8 Å². The van der Waals surface area contributed by atoms with Crippen molar-refractivity contribution < 1.29 is 19.1 Å². The number of carbonyl (C=O) groups excluding carboxylic acids is 2. The quantitative estimate of drug-likeness (QED) is 0.473. The lowest BCUT2D eigenvalue weighted by molar-refractivity contribution is -0.114. The fourth-order valence-electron chi connectivity index (χ4n) is 4.04. The number of aromatic nitrogens is 3. The number of alkyl halides is 1. The van der Waals surface area contributed by atoms with Gasteiger partial charge >= 0.3 is 0 Å². The Hall–Kier alpha value is -3.59. The van der Waals surface area contributed by atoms with E-state index in [1.165, 1.54) is 13.0 Å². The Morgan fingerprint density at radius 1 is 1.32 bits per heavy atom. The van der Waals surface area contributed by atoms with Crippen LogP contribution in [-0.4, -0.2) is 43.7 Å². The minimum absolute atomic E-state index is 0.0858. The van der Waals surface area contributed by atoms with E-state index in [0.717, 1.165) is 5.56 Å². The molecule has 1 atom stereocenters. The highest BCUT2D eigenvalue weighted by molar-refractivity contribution is 6.19. The number of nitrogens with one attached hydrogen (secondary N) is 1. The monoisotopic (exact) mass is 439 g/mol. The molecule has 5 rings (SSSR count). The van der Waals surface area contributed by atoms with Crippen molar-refractivity contribution in [1.82, 2.24) is 14.4 Å². The Morgan fingerprint density at radius 3 is 2.87 bits per heavy atom. The molecular formula is C21H18ClN5O4. The molecule has 1 aliphatic heterocycles. The van der Waals surface area contributed by atoms with Crippen molar-refractivity contribution in [2.45, 2.75) is 19.8 Å². The second-order valence-corrected chi connectivity index (χ2v) is 7.81. The summed E-state index contributed by atoms with van der Waals surface area (Å²) in [5.74, 6) is -0.0437. The molecule has 0 fully saturated rings. The molecule has 0 saturated heterocycles. The number of oxazole rings is 1. The highest BCUT2D eigenvalue weighted by Crippen LogP contribution is 2.45. The number of imidazole rings is 1. The summed E-state index contributed by atoms with van der Waals surface area (Å²) in [6.45, 7) is 3.46. The van der Waals surface area contributed by atoms with Gasteiger partial charge in [0, 0.05) is 56.2 Å². The Balaban J connectivity index is 1.57. The maximum atomic E-state index is 13.4. The van der Waals surface area contributed by atoms with Crippen LogP contribution in [0.2, 0.25) is 0 Å². The van der Waals surface area contributed by atoms with E-state index in [1.54, 1.807) is 40.8 Å². The Kier molecular flexibility index (Phi) is 4.37. The summed E-state index contributed by atoms with van der Waals surface area (Å²) in [7, 11) is 0. The van der Waals surface area contributed by atoms with Crippen LogP contribution in [0.5, 0.6) is 5.75 Å². The number of nitrogens with zero attached hydrogens (tertiary/aromatic N) is 4. The van der Waals surface area contributed by atoms with Crippen molar-refractivity contribution >= 4 is 51.5 Å². The van der Waals surface area contributed by atoms with Crippen LogP contribution in [-0.2, 0) is 4.79 Å². The average molecular weight is 440 g/mol. The maximum Gasteiger partial charge on any atom is 0.278 e. The molecule has 0 aliphatic carbocycles. The van der Waals surface area contributed by atoms with Crippen molar-refractivity contribution in [3.05, 3.63) is 47.7 Å². The first-order valence-electron chi connectivity index (χ1n) is 9.63. The van der Waals surface area contributed by atoms with Gasteiger partial charge in [-0.25, -0.2) is 9.97 Å². The summed E-state index contributed by atoms with van der Waals surface area (Å²) in [4.78, 5) is 35.0. The first kappa shape index (κ1) is 19.4. The predicted molar refractivity (Wildman–Crippen MR) is 115 cm³/mol. The van der Waals surface area contributed by atoms with Gasteiger partial charge in [-0.3, -0.25) is 9.59 Å². The summed E-state index contributed by atoms with van der Waals surface area (Å²) < 4.78 is 7.20. The highest BCUT2D eigenvalue weighted by atomic mass is 35.5. The van der Waals surface area contributed by atoms with Crippen LogP contribution in [0, 0.1) is 6.92 Å². The van der Waals surface area contributed by atoms with Crippen LogP contribution in [0.3, 0.4) is 0 Å². The molecular weight excluding hydrogens is 422 g/mol. The van der Waals surface area contributed by atoms with Crippen molar-refractivity contribution in [2.24, 2.45) is 0 Å². The Morgan fingerprint density at radius 2 is 2.13 bits per heavy atom. The fourth-order valence-corrected chi connectivity index (χ4v) is 4.29. The van der Waals surface area contributed by atoms with Gasteiger partial charge in [0.05, 0.1) is 11.4 Å². The van der Waals surface area contributed by atoms with E-state index in [-0.39, 0.29) is 35.1 Å². The molecule has 0 saturated carbocycles. The molecule has 2 amide bonds. The Labute approximate surface area is 181 Å². The SMILES string of the molecule is CC(=O)Nc1ccc2nc(C(=O)N3CC(CCl)c4c3cc(O)c3oc(C)nc43)cn2c1. The molecule has 0 radical (unpaired) electrons. The largest absolute Gasteiger partial charge is 0.504 e. The first-order valence-corrected chi connectivity index (χ1v) is 10.2. The topological polar surface area (TPSA) is 113 Å². The molecule has 4 heterocycles. The van der Waals surface area contributed by atoms with Crippen molar-refractivity contribution in [3.63, 3.8) is 0 Å². The third-order valence-corrected chi connectivity index (χ3v) is 5.67. The van der Waals surface area contributed by atoms with Crippen LogP contribution < -0.4 is 10.2 Å². The summed E-state index contributed by atoms with van der Waals surface area (Å²) in [5.41, 5.74) is 3.53. The summed E-state index contributed by atoms with van der Waals surface area (Å²) in [5, 5.41) is 13.1. The zero-order valence-corrected chi connectivity index (χ0v) is 17.5. The second kappa shape index (κ2) is 6.98. The molecule has 4 aromatic rings. The number of amides is 2. The summed E-state index contributed by atoms with van der Waals surface area (Å²) in [6, 6.07) is 4.95. The lowest BCUT2D eigenvalue weighted by atomic mass is 10.0. The number of anilines is 2. The lowest BCUT2D eigenvalue weighted by Crippen LogP contribution is -2.30. The third-order valence-electron chi connectivity index (χ3n) is 5.30. The van der Waals surface area contributed by atoms with Gasteiger partial charge in [-0.1, -0.05) is 0 Å². The second-order valence-electron chi connectivity index (χ2n) is 7.50. The molecule has 31 heavy (non-hydrogen) atoms. The number of phenols is 1. The number of hydrogen-bond donors (Lipinski definition) is 2. The summed E-state index contributed by atoms with van der Waals surface area (Å²) in [6.07, 6.45) is 3.29. The van der Waals surface area contributed by atoms with Gasteiger partial charge < -0.3 is 24.1 Å². The van der Waals surface area contributed by atoms with Gasteiger partial charge in [0.15, 0.2) is 17.2 Å². The minimum Gasteiger partial charge on any atom is -0.504 e. The number of aromatic hydroxyl groups is 1. The van der Waals surface area contributed by atoms with Gasteiger partial charge in [0.25, 0.3) is 5.91 Å². The minimum atomic E-state index is -0.322. The predicted octanol–water partition coefficient (Wildman–Crippen LogP) is 3.43. The molecule has 10 heteroatoms. The van der Waals surface area contributed by atoms with Gasteiger partial charge in [0.1, 0.15) is 16.9 Å². The van der Waals surface area contributed by atoms with Gasteiger partial charge in [-0.2, -0.15) is 0 Å². The van der Waals surface area contributed by atoms with Crippen LogP contribution >= 0.6 is 11.6 Å². The molecule has 1 unspecified atom stereocenters. The molecule has 158 valence electrons. The van der Waals surface area contributed by atoms with Gasteiger partial charge in [-0.15, -0.1) is 11.6 Å². The number of hydrogen-bond acceptors (Lipinski definition) is 6. The van der Waals surface area contributed by atoms with E-state index >= 15 is 0 Å². The van der Waals surface area contributed by atoms with Gasteiger partial charge in [0.2, 0.25) is 5.91 Å². The summed E-state index contributed by atoms with van der Waals surface area (Å²) >= 11 is 6.21. The van der Waals surface area contributed by atoms with E-state index in [1.807, 2.05) is 0 Å². The van der Waals surface area contributed by atoms with E-state index < -0.39 is 0 Å². The maximum absolute atomic E-state index is 13.4. The number of rotatable bonds is 3. The molecule has 1 aromatic carbocycles. The molecule has 3 aromatic heterocycles. The number of benzene rings is 1. The number of halogens is 1. The zero-order chi connectivity index (χ0) is 21.9. The number of fused-ring (bicyclic) bond motifs is 4. The van der Waals surface area contributed by atoms with Crippen LogP contribution in [0.4, 0.5) is 11.4 Å².